The van der Waals surface area contributed by atoms with Crippen LogP contribution in [-0.4, -0.2) is 10.3 Å². The first-order valence-corrected chi connectivity index (χ1v) is 5.85. The summed E-state index contributed by atoms with van der Waals surface area (Å²) in [4.78, 5) is 0. The molecule has 0 aliphatic heterocycles. The summed E-state index contributed by atoms with van der Waals surface area (Å²) in [6.45, 7) is 1.62. The summed E-state index contributed by atoms with van der Waals surface area (Å²) in [5.41, 5.74) is 1.40. The van der Waals surface area contributed by atoms with E-state index in [0.717, 1.165) is 10.0 Å². The van der Waals surface area contributed by atoms with Crippen molar-refractivity contribution in [3.05, 3.63) is 39.5 Å². The number of aliphatic hydroxyl groups is 1. The number of rotatable bonds is 2. The fraction of sp³-hybridized carbons (Fsp3) is 0.182. The van der Waals surface area contributed by atoms with Crippen molar-refractivity contribution in [1.82, 2.24) is 5.16 Å². The van der Waals surface area contributed by atoms with E-state index in [2.05, 4.69) is 21.1 Å². The maximum atomic E-state index is 9.32. The zero-order chi connectivity index (χ0) is 11.7. The predicted molar refractivity (Wildman–Crippen MR) is 65.3 cm³/mol. The molecule has 0 amide bonds. The van der Waals surface area contributed by atoms with E-state index in [4.69, 9.17) is 16.1 Å². The van der Waals surface area contributed by atoms with Gasteiger partial charge < -0.3 is 9.63 Å². The molecular weight excluding hydrogens is 293 g/mol. The van der Waals surface area contributed by atoms with Crippen LogP contribution in [0.25, 0.3) is 11.3 Å². The van der Waals surface area contributed by atoms with Crippen LogP contribution in [0.5, 0.6) is 0 Å². The van der Waals surface area contributed by atoms with Crippen molar-refractivity contribution in [2.24, 2.45) is 0 Å². The van der Waals surface area contributed by atoms with Gasteiger partial charge in [0.05, 0.1) is 5.02 Å². The second-order valence-electron chi connectivity index (χ2n) is 3.41. The second kappa shape index (κ2) is 4.57. The summed E-state index contributed by atoms with van der Waals surface area (Å²) < 4.78 is 5.90. The minimum atomic E-state index is -0.671. The van der Waals surface area contributed by atoms with Crippen molar-refractivity contribution in [1.29, 1.82) is 0 Å². The smallest absolute Gasteiger partial charge is 0.165 e. The number of aromatic nitrogens is 1. The van der Waals surface area contributed by atoms with Gasteiger partial charge in [0.25, 0.3) is 0 Å². The normalized spacial score (nSPS) is 12.8. The summed E-state index contributed by atoms with van der Waals surface area (Å²) in [5.74, 6) is 0.425. The van der Waals surface area contributed by atoms with Crippen LogP contribution in [0.2, 0.25) is 5.02 Å². The Labute approximate surface area is 106 Å². The van der Waals surface area contributed by atoms with E-state index in [1.54, 1.807) is 19.1 Å². The van der Waals surface area contributed by atoms with Gasteiger partial charge >= 0.3 is 0 Å². The molecule has 84 valence electrons. The molecular formula is C11H9BrClNO2. The number of hydrogen-bond acceptors (Lipinski definition) is 3. The van der Waals surface area contributed by atoms with Crippen LogP contribution in [0.4, 0.5) is 0 Å². The minimum absolute atomic E-state index is 0.425. The largest absolute Gasteiger partial charge is 0.385 e. The molecule has 0 bridgehead atoms. The lowest BCUT2D eigenvalue weighted by molar-refractivity contribution is 0.158. The van der Waals surface area contributed by atoms with Crippen LogP contribution in [0.1, 0.15) is 18.8 Å². The van der Waals surface area contributed by atoms with E-state index in [1.165, 1.54) is 0 Å². The number of benzene rings is 1. The van der Waals surface area contributed by atoms with Crippen molar-refractivity contribution >= 4 is 27.5 Å². The van der Waals surface area contributed by atoms with Gasteiger partial charge in [0, 0.05) is 16.1 Å². The lowest BCUT2D eigenvalue weighted by atomic mass is 10.1. The molecule has 1 aromatic carbocycles. The van der Waals surface area contributed by atoms with Crippen LogP contribution in [0, 0.1) is 0 Å². The highest BCUT2D eigenvalue weighted by molar-refractivity contribution is 9.10. The first-order chi connectivity index (χ1) is 7.58. The summed E-state index contributed by atoms with van der Waals surface area (Å²) in [6, 6.07) is 7.18. The molecule has 0 spiro atoms. The SMILES string of the molecule is CC(O)c1cc(-c2ccc(Br)cc2Cl)no1. The first kappa shape index (κ1) is 11.6. The number of hydrogen-bond donors (Lipinski definition) is 1. The Morgan fingerprint density at radius 1 is 1.44 bits per heavy atom. The molecule has 1 atom stereocenters. The maximum absolute atomic E-state index is 9.32. The molecule has 2 rings (SSSR count). The van der Waals surface area contributed by atoms with Crippen molar-refractivity contribution in [2.45, 2.75) is 13.0 Å². The monoisotopic (exact) mass is 301 g/mol. The van der Waals surface area contributed by atoms with Crippen LogP contribution >= 0.6 is 27.5 Å². The molecule has 16 heavy (non-hydrogen) atoms. The van der Waals surface area contributed by atoms with Gasteiger partial charge in [0.15, 0.2) is 5.76 Å². The zero-order valence-electron chi connectivity index (χ0n) is 8.45. The molecule has 1 heterocycles. The molecule has 1 aromatic heterocycles. The van der Waals surface area contributed by atoms with Gasteiger partial charge in [0.2, 0.25) is 0 Å². The van der Waals surface area contributed by atoms with Crippen LogP contribution in [0.3, 0.4) is 0 Å². The van der Waals surface area contributed by atoms with E-state index in [9.17, 15) is 5.11 Å². The van der Waals surface area contributed by atoms with Gasteiger partial charge in [-0.2, -0.15) is 0 Å². The third-order valence-corrected chi connectivity index (χ3v) is 2.95. The average molecular weight is 303 g/mol. The van der Waals surface area contributed by atoms with Crippen LogP contribution in [-0.2, 0) is 0 Å². The fourth-order valence-electron chi connectivity index (χ4n) is 1.31. The fourth-order valence-corrected chi connectivity index (χ4v) is 2.08. The molecule has 3 nitrogen and oxygen atoms in total. The third kappa shape index (κ3) is 2.29. The Balaban J connectivity index is 2.42. The molecule has 5 heteroatoms. The molecule has 0 radical (unpaired) electrons. The Morgan fingerprint density at radius 2 is 2.19 bits per heavy atom. The van der Waals surface area contributed by atoms with Gasteiger partial charge in [-0.3, -0.25) is 0 Å². The van der Waals surface area contributed by atoms with Crippen molar-refractivity contribution < 1.29 is 9.63 Å². The van der Waals surface area contributed by atoms with Gasteiger partial charge in [-0.1, -0.05) is 38.8 Å². The van der Waals surface area contributed by atoms with Crippen molar-refractivity contribution in [3.63, 3.8) is 0 Å². The van der Waals surface area contributed by atoms with Crippen LogP contribution in [0.15, 0.2) is 33.3 Å². The van der Waals surface area contributed by atoms with Gasteiger partial charge in [-0.05, 0) is 19.1 Å². The Morgan fingerprint density at radius 3 is 2.75 bits per heavy atom. The van der Waals surface area contributed by atoms with Crippen LogP contribution < -0.4 is 0 Å². The Bertz CT molecular complexity index is 510. The maximum Gasteiger partial charge on any atom is 0.165 e. The molecule has 2 aromatic rings. The van der Waals surface area contributed by atoms with E-state index in [-0.39, 0.29) is 0 Å². The van der Waals surface area contributed by atoms with Crippen molar-refractivity contribution in [3.8, 4) is 11.3 Å². The van der Waals surface area contributed by atoms with Gasteiger partial charge in [0.1, 0.15) is 11.8 Å². The summed E-state index contributed by atoms with van der Waals surface area (Å²) >= 11 is 9.41. The molecule has 0 saturated heterocycles. The third-order valence-electron chi connectivity index (χ3n) is 2.15. The van der Waals surface area contributed by atoms with E-state index in [1.807, 2.05) is 12.1 Å². The number of halogens is 2. The minimum Gasteiger partial charge on any atom is -0.385 e. The average Bonchev–Trinajstić information content (AvgIpc) is 2.66. The number of aliphatic hydroxyl groups excluding tert-OH is 1. The lowest BCUT2D eigenvalue weighted by Crippen LogP contribution is -1.85. The lowest BCUT2D eigenvalue weighted by Gasteiger charge is -1.99. The van der Waals surface area contributed by atoms with E-state index in [0.29, 0.717) is 16.5 Å². The predicted octanol–water partition coefficient (Wildman–Crippen LogP) is 3.81. The summed E-state index contributed by atoms with van der Waals surface area (Å²) in [5, 5.41) is 13.8. The highest BCUT2D eigenvalue weighted by atomic mass is 79.9. The molecule has 0 aliphatic rings. The second-order valence-corrected chi connectivity index (χ2v) is 4.74. The molecule has 1 N–H and O–H groups in total. The van der Waals surface area contributed by atoms with E-state index < -0.39 is 6.10 Å². The van der Waals surface area contributed by atoms with Gasteiger partial charge in [-0.25, -0.2) is 0 Å². The highest BCUT2D eigenvalue weighted by Gasteiger charge is 2.12. The molecule has 0 saturated carbocycles. The molecule has 1 unspecified atom stereocenters. The topological polar surface area (TPSA) is 46.3 Å². The Kier molecular flexibility index (Phi) is 3.33. The van der Waals surface area contributed by atoms with E-state index >= 15 is 0 Å². The molecule has 0 aliphatic carbocycles. The van der Waals surface area contributed by atoms with Gasteiger partial charge in [-0.15, -0.1) is 0 Å². The zero-order valence-corrected chi connectivity index (χ0v) is 10.8. The van der Waals surface area contributed by atoms with Crippen molar-refractivity contribution in [2.75, 3.05) is 0 Å². The number of nitrogens with zero attached hydrogens (tertiary/aromatic N) is 1. The molecule has 0 fully saturated rings. The standard InChI is InChI=1S/C11H9BrClNO2/c1-6(15)11-5-10(14-16-11)8-3-2-7(12)4-9(8)13/h2-6,15H,1H3. The highest BCUT2D eigenvalue weighted by Crippen LogP contribution is 2.30. The summed E-state index contributed by atoms with van der Waals surface area (Å²) in [6.07, 6.45) is -0.671. The first-order valence-electron chi connectivity index (χ1n) is 4.68. The summed E-state index contributed by atoms with van der Waals surface area (Å²) in [7, 11) is 0. The Hall–Kier alpha value is -0.840. The quantitative estimate of drug-likeness (QED) is 0.917.